The minimum atomic E-state index is -0.240. The van der Waals surface area contributed by atoms with Crippen molar-refractivity contribution in [3.8, 4) is 0 Å². The highest BCUT2D eigenvalue weighted by atomic mass is 32.2. The van der Waals surface area contributed by atoms with Crippen LogP contribution in [0.4, 0.5) is 0 Å². The maximum absolute atomic E-state index is 11.6. The summed E-state index contributed by atoms with van der Waals surface area (Å²) < 4.78 is 9.56. The van der Waals surface area contributed by atoms with Crippen molar-refractivity contribution in [2.75, 3.05) is 19.5 Å². The second-order valence-electron chi connectivity index (χ2n) is 3.58. The molecule has 4 nitrogen and oxygen atoms in total. The van der Waals surface area contributed by atoms with Crippen LogP contribution in [0.3, 0.4) is 0 Å². The maximum atomic E-state index is 11.6. The van der Waals surface area contributed by atoms with E-state index in [0.717, 1.165) is 19.3 Å². The zero-order valence-corrected chi connectivity index (χ0v) is 11.7. The summed E-state index contributed by atoms with van der Waals surface area (Å²) in [6.45, 7) is 4.29. The van der Waals surface area contributed by atoms with Crippen LogP contribution in [0.25, 0.3) is 0 Å². The van der Waals surface area contributed by atoms with Crippen molar-refractivity contribution in [1.82, 2.24) is 0 Å². The quantitative estimate of drug-likeness (QED) is 0.597. The van der Waals surface area contributed by atoms with Crippen molar-refractivity contribution < 1.29 is 19.1 Å². The lowest BCUT2D eigenvalue weighted by Crippen LogP contribution is -2.21. The van der Waals surface area contributed by atoms with Crippen LogP contribution in [0.2, 0.25) is 0 Å². The Morgan fingerprint density at radius 1 is 1.29 bits per heavy atom. The van der Waals surface area contributed by atoms with Crippen LogP contribution in [-0.2, 0) is 19.1 Å². The molecule has 0 fully saturated rings. The van der Waals surface area contributed by atoms with Crippen molar-refractivity contribution in [3.05, 3.63) is 0 Å². The van der Waals surface area contributed by atoms with E-state index >= 15 is 0 Å². The summed E-state index contributed by atoms with van der Waals surface area (Å²) in [6, 6.07) is 0. The van der Waals surface area contributed by atoms with E-state index in [9.17, 15) is 9.59 Å². The van der Waals surface area contributed by atoms with Crippen molar-refractivity contribution >= 4 is 23.7 Å². The Bertz CT molecular complexity index is 231. The molecule has 0 aliphatic heterocycles. The molecule has 0 radical (unpaired) electrons. The van der Waals surface area contributed by atoms with Crippen molar-refractivity contribution in [2.24, 2.45) is 0 Å². The van der Waals surface area contributed by atoms with Gasteiger partial charge in [-0.15, -0.1) is 11.8 Å². The molecule has 0 saturated carbocycles. The summed E-state index contributed by atoms with van der Waals surface area (Å²) in [4.78, 5) is 22.6. The number of thioether (sulfide) groups is 1. The highest BCUT2D eigenvalue weighted by Crippen LogP contribution is 2.20. The summed E-state index contributed by atoms with van der Waals surface area (Å²) in [7, 11) is 1.37. The number of rotatable bonds is 9. The van der Waals surface area contributed by atoms with Crippen LogP contribution >= 0.6 is 11.8 Å². The Morgan fingerprint density at radius 2 is 2.00 bits per heavy atom. The van der Waals surface area contributed by atoms with E-state index in [2.05, 4.69) is 11.7 Å². The molecule has 0 spiro atoms. The molecule has 0 rings (SSSR count). The number of carbonyl (C=O) groups is 2. The van der Waals surface area contributed by atoms with Crippen LogP contribution in [0.15, 0.2) is 0 Å². The molecule has 0 aromatic rings. The fourth-order valence-corrected chi connectivity index (χ4v) is 2.39. The molecule has 1 unspecified atom stereocenters. The minimum absolute atomic E-state index is 0.153. The molecule has 0 N–H and O–H groups in total. The molecule has 0 bridgehead atoms. The molecule has 17 heavy (non-hydrogen) atoms. The van der Waals surface area contributed by atoms with Crippen molar-refractivity contribution in [1.29, 1.82) is 0 Å². The average molecular weight is 262 g/mol. The summed E-state index contributed by atoms with van der Waals surface area (Å²) in [5.74, 6) is 0.186. The van der Waals surface area contributed by atoms with Gasteiger partial charge in [-0.25, -0.2) is 0 Å². The Hall–Kier alpha value is -0.710. The Balaban J connectivity index is 4.00. The molecule has 0 amide bonds. The predicted octanol–water partition coefficient (Wildman–Crippen LogP) is 2.40. The lowest BCUT2D eigenvalue weighted by molar-refractivity contribution is -0.143. The van der Waals surface area contributed by atoms with Gasteiger partial charge < -0.3 is 9.47 Å². The minimum Gasteiger partial charge on any atom is -0.469 e. The fourth-order valence-electron chi connectivity index (χ4n) is 1.28. The Morgan fingerprint density at radius 3 is 2.53 bits per heavy atom. The molecular weight excluding hydrogens is 240 g/mol. The molecule has 0 heterocycles. The van der Waals surface area contributed by atoms with E-state index < -0.39 is 0 Å². The molecule has 0 aromatic heterocycles. The number of hydrogen-bond donors (Lipinski definition) is 0. The first kappa shape index (κ1) is 16.3. The van der Waals surface area contributed by atoms with Gasteiger partial charge in [0.2, 0.25) is 0 Å². The lowest BCUT2D eigenvalue weighted by Gasteiger charge is -2.14. The van der Waals surface area contributed by atoms with Gasteiger partial charge >= 0.3 is 11.9 Å². The molecular formula is C12H22O4S. The number of unbranched alkanes of at least 4 members (excludes halogenated alkanes) is 1. The standard InChI is InChI=1S/C12H22O4S/c1-4-6-7-10(12(14)16-5-2)17-9-8-11(13)15-3/h10H,4-9H2,1-3H3. The van der Waals surface area contributed by atoms with Gasteiger partial charge in [0.1, 0.15) is 5.25 Å². The first-order valence-electron chi connectivity index (χ1n) is 6.00. The zero-order valence-electron chi connectivity index (χ0n) is 10.9. The molecule has 0 aliphatic rings. The van der Waals surface area contributed by atoms with Crippen LogP contribution in [-0.4, -0.2) is 36.7 Å². The predicted molar refractivity (Wildman–Crippen MR) is 69.0 cm³/mol. The molecule has 0 saturated heterocycles. The second kappa shape index (κ2) is 10.4. The van der Waals surface area contributed by atoms with E-state index in [0.29, 0.717) is 18.8 Å². The molecule has 100 valence electrons. The summed E-state index contributed by atoms with van der Waals surface area (Å²) in [5.41, 5.74) is 0. The van der Waals surface area contributed by atoms with Crippen LogP contribution in [0.1, 0.15) is 39.5 Å². The average Bonchev–Trinajstić information content (AvgIpc) is 2.33. The van der Waals surface area contributed by atoms with Crippen LogP contribution in [0.5, 0.6) is 0 Å². The van der Waals surface area contributed by atoms with Gasteiger partial charge in [-0.2, -0.15) is 0 Å². The SMILES string of the molecule is CCCCC(SCCC(=O)OC)C(=O)OCC. The number of esters is 2. The summed E-state index contributed by atoms with van der Waals surface area (Å²) in [6.07, 6.45) is 3.19. The van der Waals surface area contributed by atoms with Crippen LogP contribution in [0, 0.1) is 0 Å². The summed E-state index contributed by atoms with van der Waals surface area (Å²) >= 11 is 1.48. The van der Waals surface area contributed by atoms with E-state index in [-0.39, 0.29) is 17.2 Å². The van der Waals surface area contributed by atoms with E-state index in [4.69, 9.17) is 4.74 Å². The number of ether oxygens (including phenoxy) is 2. The molecule has 1 atom stereocenters. The van der Waals surface area contributed by atoms with Crippen LogP contribution < -0.4 is 0 Å². The number of methoxy groups -OCH3 is 1. The van der Waals surface area contributed by atoms with Gasteiger partial charge in [0.25, 0.3) is 0 Å². The number of carbonyl (C=O) groups excluding carboxylic acids is 2. The maximum Gasteiger partial charge on any atom is 0.319 e. The first-order chi connectivity index (χ1) is 8.15. The lowest BCUT2D eigenvalue weighted by atomic mass is 10.2. The second-order valence-corrected chi connectivity index (χ2v) is 4.89. The molecule has 0 aromatic carbocycles. The highest BCUT2D eigenvalue weighted by Gasteiger charge is 2.19. The van der Waals surface area contributed by atoms with Gasteiger partial charge in [0.15, 0.2) is 0 Å². The molecule has 0 aliphatic carbocycles. The van der Waals surface area contributed by atoms with E-state index in [1.165, 1.54) is 18.9 Å². The van der Waals surface area contributed by atoms with Gasteiger partial charge in [-0.05, 0) is 13.3 Å². The third-order valence-corrected chi connectivity index (χ3v) is 3.49. The normalized spacial score (nSPS) is 11.9. The zero-order chi connectivity index (χ0) is 13.1. The smallest absolute Gasteiger partial charge is 0.319 e. The third-order valence-electron chi connectivity index (χ3n) is 2.22. The number of hydrogen-bond acceptors (Lipinski definition) is 5. The van der Waals surface area contributed by atoms with Crippen molar-refractivity contribution in [2.45, 2.75) is 44.8 Å². The summed E-state index contributed by atoms with van der Waals surface area (Å²) in [5, 5.41) is -0.153. The monoisotopic (exact) mass is 262 g/mol. The largest absolute Gasteiger partial charge is 0.469 e. The third kappa shape index (κ3) is 8.07. The Kier molecular flexibility index (Phi) is 10.0. The van der Waals surface area contributed by atoms with Gasteiger partial charge in [0, 0.05) is 5.75 Å². The Labute approximate surface area is 107 Å². The van der Waals surface area contributed by atoms with E-state index in [1.807, 2.05) is 0 Å². The van der Waals surface area contributed by atoms with Gasteiger partial charge in [-0.3, -0.25) is 9.59 Å². The highest BCUT2D eigenvalue weighted by molar-refractivity contribution is 8.00. The fraction of sp³-hybridized carbons (Fsp3) is 0.833. The first-order valence-corrected chi connectivity index (χ1v) is 7.05. The molecule has 5 heteroatoms. The van der Waals surface area contributed by atoms with E-state index in [1.54, 1.807) is 6.92 Å². The van der Waals surface area contributed by atoms with Gasteiger partial charge in [0.05, 0.1) is 20.1 Å². The van der Waals surface area contributed by atoms with Gasteiger partial charge in [-0.1, -0.05) is 19.8 Å². The topological polar surface area (TPSA) is 52.6 Å². The van der Waals surface area contributed by atoms with Crippen molar-refractivity contribution in [3.63, 3.8) is 0 Å².